The number of carbonyl (C=O) groups is 1. The first-order valence-corrected chi connectivity index (χ1v) is 11.7. The molecule has 0 aliphatic rings. The lowest BCUT2D eigenvalue weighted by Gasteiger charge is -2.13. The van der Waals surface area contributed by atoms with Crippen LogP contribution in [0.4, 0.5) is 16.2 Å². The standard InChI is InChI=1S/C22H22ClN5O3S2/c1-5-19(32-13(3)23)33-27-21(30)25-15-7-9-18(12(2)10-15)28-20(29)16-8-6-14(24-4)11-17(16)26-22(28)31/h5-11,24H,3H2,1-2,4H3,(H,26,31)(H2,25,27,30)/b19-5+. The lowest BCUT2D eigenvalue weighted by Crippen LogP contribution is -2.34. The number of hydrogen-bond acceptors (Lipinski definition) is 6. The van der Waals surface area contributed by atoms with Gasteiger partial charge in [-0.05, 0) is 67.8 Å². The first-order chi connectivity index (χ1) is 15.7. The van der Waals surface area contributed by atoms with Gasteiger partial charge in [-0.2, -0.15) is 0 Å². The fraction of sp³-hybridized carbons (Fsp3) is 0.136. The van der Waals surface area contributed by atoms with Crippen molar-refractivity contribution in [3.8, 4) is 5.69 Å². The predicted molar refractivity (Wildman–Crippen MR) is 141 cm³/mol. The molecule has 0 aliphatic carbocycles. The fourth-order valence-electron chi connectivity index (χ4n) is 3.08. The summed E-state index contributed by atoms with van der Waals surface area (Å²) in [5.41, 5.74) is 1.84. The Kier molecular flexibility index (Phi) is 7.96. The van der Waals surface area contributed by atoms with E-state index in [2.05, 4.69) is 26.9 Å². The van der Waals surface area contributed by atoms with E-state index in [9.17, 15) is 14.4 Å². The number of aromatic nitrogens is 2. The Morgan fingerprint density at radius 2 is 1.91 bits per heavy atom. The number of allylic oxidation sites excluding steroid dienone is 1. The minimum absolute atomic E-state index is 0.392. The van der Waals surface area contributed by atoms with E-state index >= 15 is 0 Å². The van der Waals surface area contributed by atoms with Gasteiger partial charge in [0.05, 0.1) is 25.2 Å². The van der Waals surface area contributed by atoms with Crippen LogP contribution in [0.3, 0.4) is 0 Å². The van der Waals surface area contributed by atoms with Crippen molar-refractivity contribution in [2.24, 2.45) is 0 Å². The molecule has 0 saturated carbocycles. The highest BCUT2D eigenvalue weighted by molar-refractivity contribution is 8.24. The Bertz CT molecular complexity index is 1380. The first kappa shape index (κ1) is 24.6. The SMILES string of the molecule is C=C(Cl)S/C(=C\C)SNC(=O)Nc1ccc(-n2c(=O)[nH]c3cc(NC)ccc3c2=O)c(C)c1. The van der Waals surface area contributed by atoms with Gasteiger partial charge in [0, 0.05) is 18.4 Å². The summed E-state index contributed by atoms with van der Waals surface area (Å²) in [6, 6.07) is 9.63. The second kappa shape index (κ2) is 10.7. The Labute approximate surface area is 203 Å². The normalized spacial score (nSPS) is 11.3. The number of halogens is 1. The van der Waals surface area contributed by atoms with E-state index in [1.165, 1.54) is 11.8 Å². The van der Waals surface area contributed by atoms with Gasteiger partial charge < -0.3 is 15.6 Å². The van der Waals surface area contributed by atoms with E-state index in [4.69, 9.17) is 11.6 Å². The summed E-state index contributed by atoms with van der Waals surface area (Å²) >= 11 is 8.13. The number of aromatic amines is 1. The van der Waals surface area contributed by atoms with Crippen LogP contribution in [-0.2, 0) is 0 Å². The number of amides is 2. The van der Waals surface area contributed by atoms with Crippen molar-refractivity contribution in [1.29, 1.82) is 0 Å². The van der Waals surface area contributed by atoms with Gasteiger partial charge in [-0.25, -0.2) is 14.2 Å². The summed E-state index contributed by atoms with van der Waals surface area (Å²) in [7, 11) is 1.76. The molecule has 0 spiro atoms. The molecule has 2 amide bonds. The van der Waals surface area contributed by atoms with Gasteiger partial charge >= 0.3 is 11.7 Å². The van der Waals surface area contributed by atoms with Gasteiger partial charge in [0.1, 0.15) is 0 Å². The van der Waals surface area contributed by atoms with Crippen molar-refractivity contribution in [3.05, 3.63) is 84.1 Å². The molecule has 11 heteroatoms. The van der Waals surface area contributed by atoms with Gasteiger partial charge in [0.2, 0.25) is 0 Å². The Morgan fingerprint density at radius 1 is 1.18 bits per heavy atom. The highest BCUT2D eigenvalue weighted by atomic mass is 35.5. The number of urea groups is 1. The van der Waals surface area contributed by atoms with Gasteiger partial charge in [0.25, 0.3) is 5.56 Å². The smallest absolute Gasteiger partial charge is 0.333 e. The predicted octanol–water partition coefficient (Wildman–Crippen LogP) is 5.10. The van der Waals surface area contributed by atoms with Gasteiger partial charge in [0.15, 0.2) is 0 Å². The monoisotopic (exact) mass is 503 g/mol. The first-order valence-electron chi connectivity index (χ1n) is 9.73. The van der Waals surface area contributed by atoms with Crippen molar-refractivity contribution in [1.82, 2.24) is 14.3 Å². The Balaban J connectivity index is 1.83. The van der Waals surface area contributed by atoms with Crippen molar-refractivity contribution < 1.29 is 4.79 Å². The van der Waals surface area contributed by atoms with Crippen LogP contribution in [0.15, 0.2) is 67.2 Å². The van der Waals surface area contributed by atoms with Crippen LogP contribution in [0.1, 0.15) is 12.5 Å². The van der Waals surface area contributed by atoms with Crippen molar-refractivity contribution in [3.63, 3.8) is 0 Å². The van der Waals surface area contributed by atoms with Crippen LogP contribution in [0, 0.1) is 6.92 Å². The summed E-state index contributed by atoms with van der Waals surface area (Å²) in [6.45, 7) is 7.20. The average molecular weight is 504 g/mol. The molecule has 172 valence electrons. The van der Waals surface area contributed by atoms with E-state index in [-0.39, 0.29) is 0 Å². The number of nitrogens with zero attached hydrogens (tertiary/aromatic N) is 1. The third-order valence-electron chi connectivity index (χ3n) is 4.57. The number of hydrogen-bond donors (Lipinski definition) is 4. The lowest BCUT2D eigenvalue weighted by atomic mass is 10.1. The molecule has 8 nitrogen and oxygen atoms in total. The van der Waals surface area contributed by atoms with E-state index in [1.54, 1.807) is 56.4 Å². The zero-order chi connectivity index (χ0) is 24.1. The maximum atomic E-state index is 13.0. The van der Waals surface area contributed by atoms with Crippen LogP contribution in [0.5, 0.6) is 0 Å². The van der Waals surface area contributed by atoms with E-state index in [1.807, 2.05) is 6.92 Å². The molecule has 0 bridgehead atoms. The fourth-order valence-corrected chi connectivity index (χ4v) is 4.76. The highest BCUT2D eigenvalue weighted by Gasteiger charge is 2.13. The number of rotatable bonds is 7. The Morgan fingerprint density at radius 3 is 2.55 bits per heavy atom. The quantitative estimate of drug-likeness (QED) is 0.334. The minimum Gasteiger partial charge on any atom is -0.388 e. The number of anilines is 2. The molecule has 4 N–H and O–H groups in total. The molecule has 1 heterocycles. The third-order valence-corrected chi connectivity index (χ3v) is 6.69. The zero-order valence-electron chi connectivity index (χ0n) is 18.1. The molecule has 0 saturated heterocycles. The molecule has 1 aromatic heterocycles. The zero-order valence-corrected chi connectivity index (χ0v) is 20.5. The average Bonchev–Trinajstić information content (AvgIpc) is 2.77. The highest BCUT2D eigenvalue weighted by Crippen LogP contribution is 2.33. The number of benzene rings is 2. The molecule has 3 aromatic rings. The maximum absolute atomic E-state index is 13.0. The minimum atomic E-state index is -0.545. The summed E-state index contributed by atoms with van der Waals surface area (Å²) < 4.78 is 4.92. The molecular weight excluding hydrogens is 482 g/mol. The molecule has 0 aliphatic heterocycles. The van der Waals surface area contributed by atoms with Crippen molar-refractivity contribution in [2.75, 3.05) is 17.7 Å². The maximum Gasteiger partial charge on any atom is 0.333 e. The van der Waals surface area contributed by atoms with Crippen LogP contribution in [0.25, 0.3) is 16.6 Å². The molecule has 2 aromatic carbocycles. The number of nitrogens with one attached hydrogen (secondary N) is 4. The summed E-state index contributed by atoms with van der Waals surface area (Å²) in [5, 5.41) is 6.09. The van der Waals surface area contributed by atoms with Crippen LogP contribution < -0.4 is 26.6 Å². The number of thioether (sulfide) groups is 1. The topological polar surface area (TPSA) is 108 Å². The molecule has 0 fully saturated rings. The Hall–Kier alpha value is -3.08. The van der Waals surface area contributed by atoms with Gasteiger partial charge in [-0.1, -0.05) is 36.0 Å². The molecule has 0 atom stereocenters. The second-order valence-electron chi connectivity index (χ2n) is 6.81. The van der Waals surface area contributed by atoms with Crippen LogP contribution in [0.2, 0.25) is 0 Å². The van der Waals surface area contributed by atoms with Gasteiger partial charge in [-0.3, -0.25) is 9.52 Å². The molecule has 0 unspecified atom stereocenters. The van der Waals surface area contributed by atoms with E-state index in [0.717, 1.165) is 26.4 Å². The van der Waals surface area contributed by atoms with Crippen molar-refractivity contribution >= 4 is 63.6 Å². The molecule has 3 rings (SSSR count). The van der Waals surface area contributed by atoms with Crippen LogP contribution in [-0.4, -0.2) is 22.6 Å². The molecule has 33 heavy (non-hydrogen) atoms. The van der Waals surface area contributed by atoms with E-state index < -0.39 is 17.3 Å². The number of fused-ring (bicyclic) bond motifs is 1. The lowest BCUT2D eigenvalue weighted by molar-refractivity contribution is 0.257. The van der Waals surface area contributed by atoms with Crippen LogP contribution >= 0.6 is 35.3 Å². The summed E-state index contributed by atoms with van der Waals surface area (Å²) in [4.78, 5) is 40.7. The largest absolute Gasteiger partial charge is 0.388 e. The number of aryl methyl sites for hydroxylation is 1. The molecular formula is C22H22ClN5O3S2. The number of H-pyrrole nitrogens is 1. The summed E-state index contributed by atoms with van der Waals surface area (Å²) in [6.07, 6.45) is 1.81. The second-order valence-corrected chi connectivity index (χ2v) is 9.73. The van der Waals surface area contributed by atoms with E-state index in [0.29, 0.717) is 32.2 Å². The molecule has 0 radical (unpaired) electrons. The number of carbonyl (C=O) groups excluding carboxylic acids is 1. The van der Waals surface area contributed by atoms with Crippen molar-refractivity contribution in [2.45, 2.75) is 13.8 Å². The third kappa shape index (κ3) is 5.84. The summed E-state index contributed by atoms with van der Waals surface area (Å²) in [5.74, 6) is 0. The van der Waals surface area contributed by atoms with Gasteiger partial charge in [-0.15, -0.1) is 0 Å².